The summed E-state index contributed by atoms with van der Waals surface area (Å²) in [6.45, 7) is 1.68. The summed E-state index contributed by atoms with van der Waals surface area (Å²) in [6, 6.07) is 2.29. The number of carboxylic acids is 1. The maximum absolute atomic E-state index is 12.0. The zero-order valence-corrected chi connectivity index (χ0v) is 10.6. The molecule has 0 saturated carbocycles. The van der Waals surface area contributed by atoms with Crippen LogP contribution in [0.3, 0.4) is 0 Å². The number of nitrogens with one attached hydrogen (secondary N) is 2. The number of nitrogens with zero attached hydrogens (tertiary/aromatic N) is 2. The van der Waals surface area contributed by atoms with Gasteiger partial charge in [0.25, 0.3) is 10.0 Å². The highest BCUT2D eigenvalue weighted by Crippen LogP contribution is 2.15. The summed E-state index contributed by atoms with van der Waals surface area (Å²) in [7, 11) is -3.87. The molecule has 9 heteroatoms. The van der Waals surface area contributed by atoms with Crippen LogP contribution in [0.25, 0.3) is 0 Å². The van der Waals surface area contributed by atoms with Crippen LogP contribution >= 0.6 is 0 Å². The molecule has 8 nitrogen and oxygen atoms in total. The Morgan fingerprint density at radius 1 is 1.37 bits per heavy atom. The lowest BCUT2D eigenvalue weighted by molar-refractivity contribution is 0.0696. The van der Waals surface area contributed by atoms with Gasteiger partial charge in [0.2, 0.25) is 0 Å². The van der Waals surface area contributed by atoms with Crippen molar-refractivity contribution in [1.82, 2.24) is 15.2 Å². The van der Waals surface area contributed by atoms with Gasteiger partial charge in [0, 0.05) is 11.8 Å². The number of rotatable bonds is 4. The fourth-order valence-electron chi connectivity index (χ4n) is 1.30. The summed E-state index contributed by atoms with van der Waals surface area (Å²) in [5, 5.41) is 14.6. The molecule has 2 rings (SSSR count). The molecular formula is C10H10N4O4S. The Morgan fingerprint density at radius 3 is 2.58 bits per heavy atom. The molecule has 0 aliphatic carbocycles. The quantitative estimate of drug-likeness (QED) is 0.754. The second-order valence-electron chi connectivity index (χ2n) is 3.72. The number of pyridine rings is 1. The number of hydrogen-bond acceptors (Lipinski definition) is 5. The third-order valence-corrected chi connectivity index (χ3v) is 3.59. The number of aryl methyl sites for hydroxylation is 1. The fraction of sp³-hybridized carbons (Fsp3) is 0.100. The van der Waals surface area contributed by atoms with Gasteiger partial charge in [-0.25, -0.2) is 9.78 Å². The monoisotopic (exact) mass is 282 g/mol. The van der Waals surface area contributed by atoms with Gasteiger partial charge in [-0.1, -0.05) is 0 Å². The van der Waals surface area contributed by atoms with Crippen LogP contribution in [-0.4, -0.2) is 34.7 Å². The largest absolute Gasteiger partial charge is 0.478 e. The van der Waals surface area contributed by atoms with Gasteiger partial charge in [0.05, 0.1) is 11.8 Å². The number of carboxylic acid groups (broad SMARTS) is 1. The first kappa shape index (κ1) is 13.0. The van der Waals surface area contributed by atoms with E-state index in [-0.39, 0.29) is 16.4 Å². The molecule has 2 heterocycles. The van der Waals surface area contributed by atoms with Crippen molar-refractivity contribution in [2.45, 2.75) is 11.9 Å². The van der Waals surface area contributed by atoms with Crippen LogP contribution in [0.2, 0.25) is 0 Å². The van der Waals surface area contributed by atoms with E-state index in [0.717, 1.165) is 12.3 Å². The van der Waals surface area contributed by atoms with Gasteiger partial charge in [0.15, 0.2) is 5.03 Å². The second kappa shape index (κ2) is 4.69. The molecule has 0 atom stereocenters. The van der Waals surface area contributed by atoms with Gasteiger partial charge in [-0.05, 0) is 19.1 Å². The number of aromatic nitrogens is 3. The van der Waals surface area contributed by atoms with Gasteiger partial charge in [-0.15, -0.1) is 0 Å². The zero-order valence-electron chi connectivity index (χ0n) is 9.78. The minimum atomic E-state index is -3.87. The Labute approximate surface area is 108 Å². The lowest BCUT2D eigenvalue weighted by atomic mass is 10.3. The van der Waals surface area contributed by atoms with Crippen molar-refractivity contribution in [2.75, 3.05) is 4.72 Å². The lowest BCUT2D eigenvalue weighted by Crippen LogP contribution is -2.15. The van der Waals surface area contributed by atoms with E-state index in [1.165, 1.54) is 12.3 Å². The van der Waals surface area contributed by atoms with E-state index in [9.17, 15) is 13.2 Å². The minimum absolute atomic E-state index is 0.0864. The summed E-state index contributed by atoms with van der Waals surface area (Å²) in [4.78, 5) is 14.3. The molecule has 0 spiro atoms. The third kappa shape index (κ3) is 2.71. The standard InChI is InChI=1S/C10H10N4O4S/c1-6-4-12-13-9(6)14-19(17,18)8-3-2-7(5-11-8)10(15)16/h2-5H,1H3,(H,15,16)(H2,12,13,14). The number of H-pyrrole nitrogens is 1. The molecule has 100 valence electrons. The maximum atomic E-state index is 12.0. The van der Waals surface area contributed by atoms with Crippen molar-refractivity contribution in [1.29, 1.82) is 0 Å². The highest BCUT2D eigenvalue weighted by atomic mass is 32.2. The van der Waals surface area contributed by atoms with Gasteiger partial charge in [-0.3, -0.25) is 9.82 Å². The number of sulfonamides is 1. The lowest BCUT2D eigenvalue weighted by Gasteiger charge is -2.06. The van der Waals surface area contributed by atoms with Crippen molar-refractivity contribution in [2.24, 2.45) is 0 Å². The topological polar surface area (TPSA) is 125 Å². The highest BCUT2D eigenvalue weighted by Gasteiger charge is 2.18. The minimum Gasteiger partial charge on any atom is -0.478 e. The van der Waals surface area contributed by atoms with E-state index in [1.807, 2.05) is 0 Å². The van der Waals surface area contributed by atoms with E-state index < -0.39 is 16.0 Å². The fourth-order valence-corrected chi connectivity index (χ4v) is 2.32. The van der Waals surface area contributed by atoms with Crippen molar-refractivity contribution in [3.8, 4) is 0 Å². The molecule has 0 aliphatic rings. The molecule has 2 aromatic rings. The van der Waals surface area contributed by atoms with Crippen LogP contribution in [0.15, 0.2) is 29.6 Å². The van der Waals surface area contributed by atoms with Crippen LogP contribution in [0.1, 0.15) is 15.9 Å². The Hall–Kier alpha value is -2.42. The van der Waals surface area contributed by atoms with Crippen LogP contribution in [0, 0.1) is 6.92 Å². The number of anilines is 1. The number of carbonyl (C=O) groups is 1. The summed E-state index contributed by atoms with van der Waals surface area (Å²) in [6.07, 6.45) is 2.45. The SMILES string of the molecule is Cc1cn[nH]c1NS(=O)(=O)c1ccc(C(=O)O)cn1. The number of aromatic carboxylic acids is 1. The number of hydrogen-bond donors (Lipinski definition) is 3. The molecule has 0 aliphatic heterocycles. The second-order valence-corrected chi connectivity index (χ2v) is 5.35. The van der Waals surface area contributed by atoms with Crippen LogP contribution in [0.5, 0.6) is 0 Å². The molecule has 0 radical (unpaired) electrons. The van der Waals surface area contributed by atoms with Gasteiger partial charge in [0.1, 0.15) is 5.82 Å². The van der Waals surface area contributed by atoms with Crippen LogP contribution in [0.4, 0.5) is 5.82 Å². The third-order valence-electron chi connectivity index (χ3n) is 2.32. The van der Waals surface area contributed by atoms with E-state index in [4.69, 9.17) is 5.11 Å². The average Bonchev–Trinajstić information content (AvgIpc) is 2.74. The summed E-state index contributed by atoms with van der Waals surface area (Å²) >= 11 is 0. The molecule has 3 N–H and O–H groups in total. The van der Waals surface area contributed by atoms with E-state index >= 15 is 0 Å². The average molecular weight is 282 g/mol. The molecule has 19 heavy (non-hydrogen) atoms. The Bertz CT molecular complexity index is 705. The van der Waals surface area contributed by atoms with E-state index in [2.05, 4.69) is 19.9 Å². The maximum Gasteiger partial charge on any atom is 0.337 e. The van der Waals surface area contributed by atoms with Crippen LogP contribution < -0.4 is 4.72 Å². The Morgan fingerprint density at radius 2 is 2.11 bits per heavy atom. The molecule has 0 unspecified atom stereocenters. The smallest absolute Gasteiger partial charge is 0.337 e. The first-order valence-corrected chi connectivity index (χ1v) is 6.60. The molecular weight excluding hydrogens is 272 g/mol. The first-order chi connectivity index (χ1) is 8.90. The predicted molar refractivity (Wildman–Crippen MR) is 65.3 cm³/mol. The van der Waals surface area contributed by atoms with Crippen LogP contribution in [-0.2, 0) is 10.0 Å². The van der Waals surface area contributed by atoms with Crippen molar-refractivity contribution >= 4 is 21.8 Å². The molecule has 0 saturated heterocycles. The first-order valence-electron chi connectivity index (χ1n) is 5.12. The zero-order chi connectivity index (χ0) is 14.0. The predicted octanol–water partition coefficient (Wildman–Crippen LogP) is 0.612. The summed E-state index contributed by atoms with van der Waals surface area (Å²) in [5.41, 5.74) is 0.544. The van der Waals surface area contributed by atoms with Crippen molar-refractivity contribution < 1.29 is 18.3 Å². The molecule has 2 aromatic heterocycles. The van der Waals surface area contributed by atoms with E-state index in [0.29, 0.717) is 5.56 Å². The molecule has 0 aromatic carbocycles. The van der Waals surface area contributed by atoms with Crippen molar-refractivity contribution in [3.05, 3.63) is 35.7 Å². The van der Waals surface area contributed by atoms with Crippen molar-refractivity contribution in [3.63, 3.8) is 0 Å². The number of aromatic amines is 1. The van der Waals surface area contributed by atoms with Gasteiger partial charge < -0.3 is 5.11 Å². The van der Waals surface area contributed by atoms with Gasteiger partial charge in [-0.2, -0.15) is 13.5 Å². The summed E-state index contributed by atoms with van der Waals surface area (Å²) in [5.74, 6) is -0.932. The Balaban J connectivity index is 2.29. The highest BCUT2D eigenvalue weighted by molar-refractivity contribution is 7.92. The Kier molecular flexibility index (Phi) is 3.21. The normalized spacial score (nSPS) is 11.2. The van der Waals surface area contributed by atoms with Gasteiger partial charge >= 0.3 is 5.97 Å². The molecule has 0 amide bonds. The van der Waals surface area contributed by atoms with E-state index in [1.54, 1.807) is 6.92 Å². The summed E-state index contributed by atoms with van der Waals surface area (Å²) < 4.78 is 26.2. The molecule has 0 fully saturated rings. The molecule has 0 bridgehead atoms.